The molecule has 5 nitrogen and oxygen atoms in total. The third-order valence-corrected chi connectivity index (χ3v) is 8.78. The summed E-state index contributed by atoms with van der Waals surface area (Å²) in [6.07, 6.45) is -4.07. The Kier molecular flexibility index (Phi) is 6.65. The van der Waals surface area contributed by atoms with E-state index in [0.29, 0.717) is 5.39 Å². The summed E-state index contributed by atoms with van der Waals surface area (Å²) < 4.78 is 67.7. The second-order valence-electron chi connectivity index (χ2n) is 7.96. The topological polar surface area (TPSA) is 73.2 Å². The van der Waals surface area contributed by atoms with E-state index in [-0.39, 0.29) is 25.2 Å². The number of benzene rings is 2. The molecule has 0 N–H and O–H groups in total. The molecule has 0 fully saturated rings. The minimum absolute atomic E-state index is 0.0186. The van der Waals surface area contributed by atoms with Crippen molar-refractivity contribution in [1.29, 1.82) is 0 Å². The van der Waals surface area contributed by atoms with Crippen LogP contribution in [0.15, 0.2) is 69.8 Å². The molecule has 0 saturated carbocycles. The number of hydrogen-bond acceptors (Lipinski definition) is 5. The van der Waals surface area contributed by atoms with Crippen molar-refractivity contribution in [2.75, 3.05) is 5.75 Å². The molecule has 0 atom stereocenters. The zero-order valence-electron chi connectivity index (χ0n) is 18.1. The summed E-state index contributed by atoms with van der Waals surface area (Å²) in [4.78, 5) is 25.3. The lowest BCUT2D eigenvalue weighted by atomic mass is 10.0. The number of carbonyl (C=O) groups excluding carboxylic acids is 1. The first-order chi connectivity index (χ1) is 16.3. The number of sulfone groups is 1. The number of thiophene rings is 1. The van der Waals surface area contributed by atoms with E-state index in [1.807, 2.05) is 6.92 Å². The van der Waals surface area contributed by atoms with Gasteiger partial charge in [0, 0.05) is 18.0 Å². The van der Waals surface area contributed by atoms with Crippen molar-refractivity contribution < 1.29 is 26.4 Å². The molecule has 0 aliphatic rings. The van der Waals surface area contributed by atoms with Crippen LogP contribution in [0.2, 0.25) is 4.34 Å². The fourth-order valence-electron chi connectivity index (χ4n) is 3.71. The molecular formula is C24H17ClF3NO4S2. The van der Waals surface area contributed by atoms with Gasteiger partial charge < -0.3 is 0 Å². The van der Waals surface area contributed by atoms with Crippen molar-refractivity contribution in [2.24, 2.45) is 0 Å². The minimum Gasteiger partial charge on any atom is -0.298 e. The normalized spacial score (nSPS) is 12.3. The average Bonchev–Trinajstić information content (AvgIpc) is 3.20. The highest BCUT2D eigenvalue weighted by Crippen LogP contribution is 2.35. The number of halogens is 4. The van der Waals surface area contributed by atoms with Crippen LogP contribution in [0.4, 0.5) is 13.2 Å². The first-order valence-corrected chi connectivity index (χ1v) is 13.0. The molecule has 4 aromatic rings. The van der Waals surface area contributed by atoms with Gasteiger partial charge in [-0.2, -0.15) is 13.2 Å². The minimum atomic E-state index is -4.82. The molecule has 0 bridgehead atoms. The summed E-state index contributed by atoms with van der Waals surface area (Å²) in [5.74, 6) is -1.63. The molecule has 2 heterocycles. The van der Waals surface area contributed by atoms with Crippen LogP contribution in [-0.2, 0) is 27.2 Å². The Morgan fingerprint density at radius 1 is 1.06 bits per heavy atom. The number of alkyl halides is 3. The number of nitrogens with zero attached hydrogens (tertiary/aromatic N) is 1. The maximum absolute atomic E-state index is 13.9. The standard InChI is InChI=1S/C24H17ClF3NO4S2/c1-14-2-4-18-16(10-14)8-9-29(23(18)31)20-5-3-15(12-19(20)24(26,27)28)11-17(30)13-35(32,33)22-7-6-21(25)34-22/h2-10,12H,11,13H2,1H3. The molecule has 0 aliphatic carbocycles. The highest BCUT2D eigenvalue weighted by molar-refractivity contribution is 7.94. The molecule has 0 radical (unpaired) electrons. The molecule has 0 aliphatic heterocycles. The van der Waals surface area contributed by atoms with E-state index in [0.717, 1.165) is 33.6 Å². The Labute approximate surface area is 207 Å². The van der Waals surface area contributed by atoms with Gasteiger partial charge in [-0.1, -0.05) is 35.4 Å². The van der Waals surface area contributed by atoms with Crippen LogP contribution in [0.1, 0.15) is 16.7 Å². The average molecular weight is 540 g/mol. The van der Waals surface area contributed by atoms with Crippen LogP contribution in [0.25, 0.3) is 16.5 Å². The molecule has 0 spiro atoms. The number of ketones is 1. The lowest BCUT2D eigenvalue weighted by Crippen LogP contribution is -2.22. The fraction of sp³-hybridized carbons (Fsp3) is 0.167. The van der Waals surface area contributed by atoms with Crippen LogP contribution < -0.4 is 5.56 Å². The molecular weight excluding hydrogens is 523 g/mol. The quantitative estimate of drug-likeness (QED) is 0.319. The number of Topliss-reactive ketones (excluding diaryl/α,β-unsaturated/α-hetero) is 1. The molecule has 0 amide bonds. The van der Waals surface area contributed by atoms with E-state index in [9.17, 15) is 31.2 Å². The predicted octanol–water partition coefficient (Wildman–Crippen LogP) is 5.62. The first-order valence-electron chi connectivity index (χ1n) is 10.2. The molecule has 2 aromatic carbocycles. The van der Waals surface area contributed by atoms with Gasteiger partial charge in [0.2, 0.25) is 0 Å². The maximum atomic E-state index is 13.9. The molecule has 182 valence electrons. The van der Waals surface area contributed by atoms with E-state index < -0.39 is 45.1 Å². The number of fused-ring (bicyclic) bond motifs is 1. The Hall–Kier alpha value is -2.95. The van der Waals surface area contributed by atoms with Gasteiger partial charge in [-0.15, -0.1) is 11.3 Å². The number of carbonyl (C=O) groups is 1. The second-order valence-corrected chi connectivity index (χ2v) is 11.9. The van der Waals surface area contributed by atoms with E-state index in [2.05, 4.69) is 0 Å². The molecule has 11 heteroatoms. The summed E-state index contributed by atoms with van der Waals surface area (Å²) in [6, 6.07) is 12.4. The smallest absolute Gasteiger partial charge is 0.298 e. The highest BCUT2D eigenvalue weighted by Gasteiger charge is 2.35. The molecule has 0 unspecified atom stereocenters. The molecule has 2 aromatic heterocycles. The third-order valence-electron chi connectivity index (χ3n) is 5.29. The maximum Gasteiger partial charge on any atom is 0.418 e. The first kappa shape index (κ1) is 25.2. The Morgan fingerprint density at radius 3 is 2.46 bits per heavy atom. The number of pyridine rings is 1. The molecule has 4 rings (SSSR count). The van der Waals surface area contributed by atoms with Gasteiger partial charge in [-0.25, -0.2) is 8.42 Å². The van der Waals surface area contributed by atoms with Crippen molar-refractivity contribution in [2.45, 2.75) is 23.7 Å². The van der Waals surface area contributed by atoms with Crippen molar-refractivity contribution in [3.8, 4) is 5.69 Å². The van der Waals surface area contributed by atoms with Crippen LogP contribution in [0, 0.1) is 6.92 Å². The van der Waals surface area contributed by atoms with E-state index in [1.165, 1.54) is 24.4 Å². The van der Waals surface area contributed by atoms with Gasteiger partial charge in [-0.3, -0.25) is 14.2 Å². The van der Waals surface area contributed by atoms with Crippen LogP contribution in [0.5, 0.6) is 0 Å². The van der Waals surface area contributed by atoms with Crippen molar-refractivity contribution >= 4 is 49.3 Å². The summed E-state index contributed by atoms with van der Waals surface area (Å²) in [5.41, 5.74) is -1.22. The van der Waals surface area contributed by atoms with E-state index >= 15 is 0 Å². The number of rotatable bonds is 6. The fourth-order valence-corrected chi connectivity index (χ4v) is 6.53. The molecule has 35 heavy (non-hydrogen) atoms. The highest BCUT2D eigenvalue weighted by atomic mass is 35.5. The zero-order valence-corrected chi connectivity index (χ0v) is 20.5. The lowest BCUT2D eigenvalue weighted by Gasteiger charge is -2.16. The van der Waals surface area contributed by atoms with E-state index in [4.69, 9.17) is 11.6 Å². The predicted molar refractivity (Wildman–Crippen MR) is 129 cm³/mol. The number of hydrogen-bond donors (Lipinski definition) is 0. The van der Waals surface area contributed by atoms with Crippen LogP contribution in [-0.4, -0.2) is 24.5 Å². The Bertz CT molecular complexity index is 1620. The largest absolute Gasteiger partial charge is 0.418 e. The second kappa shape index (κ2) is 9.25. The van der Waals surface area contributed by atoms with Gasteiger partial charge in [-0.05, 0) is 54.3 Å². The van der Waals surface area contributed by atoms with Gasteiger partial charge in [0.05, 0.1) is 15.6 Å². The summed E-state index contributed by atoms with van der Waals surface area (Å²) in [6.45, 7) is 1.84. The summed E-state index contributed by atoms with van der Waals surface area (Å²) in [7, 11) is -3.96. The third kappa shape index (κ3) is 5.34. The van der Waals surface area contributed by atoms with Crippen molar-refractivity contribution in [1.82, 2.24) is 4.57 Å². The Morgan fingerprint density at radius 2 is 1.80 bits per heavy atom. The monoisotopic (exact) mass is 539 g/mol. The SMILES string of the molecule is Cc1ccc2c(=O)n(-c3ccc(CC(=O)CS(=O)(=O)c4ccc(Cl)s4)cc3C(F)(F)F)ccc2c1. The number of aryl methyl sites for hydroxylation is 1. The van der Waals surface area contributed by atoms with E-state index in [1.54, 1.807) is 24.3 Å². The van der Waals surface area contributed by atoms with Gasteiger partial charge >= 0.3 is 6.18 Å². The van der Waals surface area contributed by atoms with Crippen molar-refractivity contribution in [3.63, 3.8) is 0 Å². The summed E-state index contributed by atoms with van der Waals surface area (Å²) >= 11 is 6.54. The summed E-state index contributed by atoms with van der Waals surface area (Å²) in [5, 5.41) is 0.875. The van der Waals surface area contributed by atoms with Gasteiger partial charge in [0.15, 0.2) is 15.6 Å². The van der Waals surface area contributed by atoms with Gasteiger partial charge in [0.1, 0.15) is 9.96 Å². The van der Waals surface area contributed by atoms with Gasteiger partial charge in [0.25, 0.3) is 5.56 Å². The zero-order chi connectivity index (χ0) is 25.5. The number of aromatic nitrogens is 1. The van der Waals surface area contributed by atoms with Crippen molar-refractivity contribution in [3.05, 3.63) is 92.2 Å². The van der Waals surface area contributed by atoms with Crippen LogP contribution >= 0.6 is 22.9 Å². The van der Waals surface area contributed by atoms with Crippen LogP contribution in [0.3, 0.4) is 0 Å². The Balaban J connectivity index is 1.68. The molecule has 0 saturated heterocycles. The lowest BCUT2D eigenvalue weighted by molar-refractivity contribution is -0.137.